The zero-order valence-electron chi connectivity index (χ0n) is 11.6. The van der Waals surface area contributed by atoms with E-state index in [1.54, 1.807) is 0 Å². The van der Waals surface area contributed by atoms with Crippen molar-refractivity contribution in [3.63, 3.8) is 0 Å². The standard InChI is InChI=1S/C14H13FN4O3/c1-8(13(20)19-10-4-2-9(15)3-5-10)22-14(21)11-12(16)18-7-6-17-11/h2-8H,1H3,(H2,16,18)(H,19,20). The van der Waals surface area contributed by atoms with Crippen LogP contribution in [0.25, 0.3) is 0 Å². The smallest absolute Gasteiger partial charge is 0.361 e. The van der Waals surface area contributed by atoms with Gasteiger partial charge in [0.2, 0.25) is 0 Å². The molecule has 2 aromatic rings. The van der Waals surface area contributed by atoms with E-state index in [0.29, 0.717) is 5.69 Å². The number of aromatic nitrogens is 2. The zero-order chi connectivity index (χ0) is 16.1. The first-order valence-corrected chi connectivity index (χ1v) is 6.31. The maximum Gasteiger partial charge on any atom is 0.361 e. The number of nitrogens with two attached hydrogens (primary N) is 1. The molecule has 0 saturated carbocycles. The summed E-state index contributed by atoms with van der Waals surface area (Å²) in [5, 5.41) is 2.49. The fraction of sp³-hybridized carbons (Fsp3) is 0.143. The fourth-order valence-electron chi connectivity index (χ4n) is 1.55. The van der Waals surface area contributed by atoms with Gasteiger partial charge >= 0.3 is 5.97 Å². The highest BCUT2D eigenvalue weighted by atomic mass is 19.1. The molecule has 1 atom stereocenters. The van der Waals surface area contributed by atoms with Crippen LogP contribution in [0.2, 0.25) is 0 Å². The van der Waals surface area contributed by atoms with Gasteiger partial charge in [0.05, 0.1) is 0 Å². The van der Waals surface area contributed by atoms with E-state index in [9.17, 15) is 14.0 Å². The second-order valence-electron chi connectivity index (χ2n) is 4.33. The van der Waals surface area contributed by atoms with Crippen LogP contribution in [0, 0.1) is 5.82 Å². The molecule has 1 aromatic heterocycles. The average Bonchev–Trinajstić information content (AvgIpc) is 2.49. The van der Waals surface area contributed by atoms with Crippen molar-refractivity contribution in [3.05, 3.63) is 48.2 Å². The number of nitrogen functional groups attached to an aromatic ring is 1. The number of nitrogens with zero attached hydrogens (tertiary/aromatic N) is 2. The van der Waals surface area contributed by atoms with Crippen molar-refractivity contribution in [3.8, 4) is 0 Å². The molecule has 2 rings (SSSR count). The maximum absolute atomic E-state index is 12.8. The highest BCUT2D eigenvalue weighted by Gasteiger charge is 2.21. The van der Waals surface area contributed by atoms with E-state index in [1.165, 1.54) is 43.6 Å². The highest BCUT2D eigenvalue weighted by molar-refractivity contribution is 5.97. The van der Waals surface area contributed by atoms with Crippen molar-refractivity contribution in [2.75, 3.05) is 11.1 Å². The molecule has 0 saturated heterocycles. The molecular weight excluding hydrogens is 291 g/mol. The molecule has 0 spiro atoms. The molecule has 114 valence electrons. The van der Waals surface area contributed by atoms with Crippen LogP contribution >= 0.6 is 0 Å². The van der Waals surface area contributed by atoms with Crippen molar-refractivity contribution in [1.29, 1.82) is 0 Å². The van der Waals surface area contributed by atoms with Crippen molar-refractivity contribution < 1.29 is 18.7 Å². The van der Waals surface area contributed by atoms with E-state index < -0.39 is 23.8 Å². The van der Waals surface area contributed by atoms with E-state index in [4.69, 9.17) is 10.5 Å². The molecule has 1 unspecified atom stereocenters. The maximum atomic E-state index is 12.8. The highest BCUT2D eigenvalue weighted by Crippen LogP contribution is 2.11. The van der Waals surface area contributed by atoms with Crippen molar-refractivity contribution in [2.45, 2.75) is 13.0 Å². The van der Waals surface area contributed by atoms with Gasteiger partial charge < -0.3 is 15.8 Å². The van der Waals surface area contributed by atoms with Gasteiger partial charge in [-0.05, 0) is 31.2 Å². The molecule has 0 aliphatic rings. The van der Waals surface area contributed by atoms with Crippen LogP contribution in [-0.2, 0) is 9.53 Å². The molecule has 1 heterocycles. The lowest BCUT2D eigenvalue weighted by atomic mass is 10.3. The van der Waals surface area contributed by atoms with Gasteiger partial charge in [-0.3, -0.25) is 4.79 Å². The number of rotatable bonds is 4. The second kappa shape index (κ2) is 6.61. The number of halogens is 1. The number of benzene rings is 1. The fourth-order valence-corrected chi connectivity index (χ4v) is 1.55. The summed E-state index contributed by atoms with van der Waals surface area (Å²) < 4.78 is 17.7. The predicted octanol–water partition coefficient (Wildman–Crippen LogP) is 1.38. The largest absolute Gasteiger partial charge is 0.448 e. The van der Waals surface area contributed by atoms with E-state index in [0.717, 1.165) is 0 Å². The Hall–Kier alpha value is -3.03. The van der Waals surface area contributed by atoms with Crippen molar-refractivity contribution in [1.82, 2.24) is 9.97 Å². The topological polar surface area (TPSA) is 107 Å². The third kappa shape index (κ3) is 3.75. The normalized spacial score (nSPS) is 11.5. The SMILES string of the molecule is CC(OC(=O)c1nccnc1N)C(=O)Nc1ccc(F)cc1. The number of hydrogen-bond acceptors (Lipinski definition) is 6. The van der Waals surface area contributed by atoms with E-state index in [1.807, 2.05) is 0 Å². The molecule has 0 radical (unpaired) electrons. The van der Waals surface area contributed by atoms with Gasteiger partial charge in [0.1, 0.15) is 5.82 Å². The molecular formula is C14H13FN4O3. The monoisotopic (exact) mass is 304 g/mol. The molecule has 7 nitrogen and oxygen atoms in total. The Kier molecular flexibility index (Phi) is 4.62. The number of esters is 1. The van der Waals surface area contributed by atoms with Crippen LogP contribution in [0.5, 0.6) is 0 Å². The van der Waals surface area contributed by atoms with Gasteiger partial charge in [-0.15, -0.1) is 0 Å². The molecule has 0 aliphatic heterocycles. The van der Waals surface area contributed by atoms with Crippen LogP contribution < -0.4 is 11.1 Å². The quantitative estimate of drug-likeness (QED) is 0.826. The number of nitrogens with one attached hydrogen (secondary N) is 1. The Bertz CT molecular complexity index is 691. The first-order chi connectivity index (χ1) is 10.5. The summed E-state index contributed by atoms with van der Waals surface area (Å²) in [7, 11) is 0. The van der Waals surface area contributed by atoms with Gasteiger partial charge in [0.25, 0.3) is 5.91 Å². The molecule has 8 heteroatoms. The third-order valence-electron chi connectivity index (χ3n) is 2.68. The van der Waals surface area contributed by atoms with Crippen LogP contribution in [0.1, 0.15) is 17.4 Å². The molecule has 0 bridgehead atoms. The Labute approximate surface area is 125 Å². The lowest BCUT2D eigenvalue weighted by molar-refractivity contribution is -0.123. The van der Waals surface area contributed by atoms with Gasteiger partial charge in [-0.2, -0.15) is 0 Å². The van der Waals surface area contributed by atoms with Crippen molar-refractivity contribution >= 4 is 23.4 Å². The molecule has 0 aliphatic carbocycles. The summed E-state index contributed by atoms with van der Waals surface area (Å²) in [6, 6.07) is 5.18. The Morgan fingerprint density at radius 2 is 1.86 bits per heavy atom. The molecule has 1 aromatic carbocycles. The minimum Gasteiger partial charge on any atom is -0.448 e. The summed E-state index contributed by atoms with van der Waals surface area (Å²) in [4.78, 5) is 31.2. The summed E-state index contributed by atoms with van der Waals surface area (Å²) in [5.41, 5.74) is 5.72. The average molecular weight is 304 g/mol. The van der Waals surface area contributed by atoms with E-state index in [-0.39, 0.29) is 11.5 Å². The van der Waals surface area contributed by atoms with Gasteiger partial charge in [0, 0.05) is 18.1 Å². The number of carbonyl (C=O) groups excluding carboxylic acids is 2. The van der Waals surface area contributed by atoms with Crippen LogP contribution in [0.15, 0.2) is 36.7 Å². The summed E-state index contributed by atoms with van der Waals surface area (Å²) in [6.07, 6.45) is 1.53. The number of ether oxygens (including phenoxy) is 1. The first-order valence-electron chi connectivity index (χ1n) is 6.31. The number of anilines is 2. The van der Waals surface area contributed by atoms with E-state index >= 15 is 0 Å². The number of hydrogen-bond donors (Lipinski definition) is 2. The number of carbonyl (C=O) groups is 2. The van der Waals surface area contributed by atoms with Crippen LogP contribution in [0.4, 0.5) is 15.9 Å². The van der Waals surface area contributed by atoms with Gasteiger partial charge in [-0.25, -0.2) is 19.2 Å². The summed E-state index contributed by atoms with van der Waals surface area (Å²) in [5.74, 6) is -1.93. The third-order valence-corrected chi connectivity index (χ3v) is 2.68. The first kappa shape index (κ1) is 15.4. The number of amides is 1. The van der Waals surface area contributed by atoms with Crippen LogP contribution in [-0.4, -0.2) is 27.9 Å². The molecule has 22 heavy (non-hydrogen) atoms. The summed E-state index contributed by atoms with van der Waals surface area (Å²) >= 11 is 0. The van der Waals surface area contributed by atoms with E-state index in [2.05, 4.69) is 15.3 Å². The Morgan fingerprint density at radius 3 is 2.50 bits per heavy atom. The van der Waals surface area contributed by atoms with Crippen molar-refractivity contribution in [2.24, 2.45) is 0 Å². The minimum absolute atomic E-state index is 0.0846. The summed E-state index contributed by atoms with van der Waals surface area (Å²) in [6.45, 7) is 1.39. The van der Waals surface area contributed by atoms with Gasteiger partial charge in [-0.1, -0.05) is 0 Å². The second-order valence-corrected chi connectivity index (χ2v) is 4.33. The molecule has 3 N–H and O–H groups in total. The lowest BCUT2D eigenvalue weighted by Crippen LogP contribution is -2.30. The molecule has 1 amide bonds. The predicted molar refractivity (Wildman–Crippen MR) is 76.4 cm³/mol. The minimum atomic E-state index is -1.08. The van der Waals surface area contributed by atoms with Crippen LogP contribution in [0.3, 0.4) is 0 Å². The Morgan fingerprint density at radius 1 is 1.23 bits per heavy atom. The Balaban J connectivity index is 1.98. The lowest BCUT2D eigenvalue weighted by Gasteiger charge is -2.13. The molecule has 0 fully saturated rings. The van der Waals surface area contributed by atoms with Gasteiger partial charge in [0.15, 0.2) is 17.6 Å². The zero-order valence-corrected chi connectivity index (χ0v) is 11.6.